The maximum Gasteiger partial charge on any atom is 0.309 e. The zero-order valence-corrected chi connectivity index (χ0v) is 19.5. The fourth-order valence-electron chi connectivity index (χ4n) is 3.90. The van der Waals surface area contributed by atoms with E-state index in [0.717, 1.165) is 21.7 Å². The molecule has 5 rings (SSSR count). The van der Waals surface area contributed by atoms with Gasteiger partial charge in [-0.3, -0.25) is 9.69 Å². The number of hydrogen-bond donors (Lipinski definition) is 1. The van der Waals surface area contributed by atoms with Gasteiger partial charge in [0.15, 0.2) is 11.6 Å². The van der Waals surface area contributed by atoms with Crippen molar-refractivity contribution in [2.75, 3.05) is 13.1 Å². The Balaban J connectivity index is 1.32. The lowest BCUT2D eigenvalue weighted by molar-refractivity contribution is -0.147. The predicted octanol–water partition coefficient (Wildman–Crippen LogP) is 5.61. The lowest BCUT2D eigenvalue weighted by atomic mass is 10.0. The number of hydrogen-bond acceptors (Lipinski definition) is 7. The number of benzene rings is 2. The maximum atomic E-state index is 14.7. The first-order valence-corrected chi connectivity index (χ1v) is 11.9. The Morgan fingerprint density at radius 2 is 2.06 bits per heavy atom. The minimum atomic E-state index is -0.758. The third kappa shape index (κ3) is 4.94. The minimum absolute atomic E-state index is 0.0496. The number of halogens is 2. The van der Waals surface area contributed by atoms with Crippen molar-refractivity contribution in [2.24, 2.45) is 5.92 Å². The Labute approximate surface area is 203 Å². The van der Waals surface area contributed by atoms with E-state index in [1.807, 2.05) is 6.92 Å². The molecule has 1 N–H and O–H groups in total. The van der Waals surface area contributed by atoms with Crippen LogP contribution in [0, 0.1) is 17.6 Å². The Bertz CT molecular complexity index is 1380. The van der Waals surface area contributed by atoms with E-state index in [1.165, 1.54) is 36.4 Å². The molecule has 1 aliphatic heterocycles. The summed E-state index contributed by atoms with van der Waals surface area (Å²) in [6.45, 7) is 3.79. The van der Waals surface area contributed by atoms with Gasteiger partial charge >= 0.3 is 5.97 Å². The molecule has 0 radical (unpaired) electrons. The number of carboxylic acid groups (broad SMARTS) is 1. The standard InChI is InChI=1S/C25H21F2N3O4S/c1-2-14-8-19(13-30-11-16(12-30)25(31)32)35-22(14)23-28-24(34-29-23)15-6-7-21(20(27)9-15)33-18-5-3-4-17(26)10-18/h3-10,16H,2,11-13H2,1H3,(H,31,32). The van der Waals surface area contributed by atoms with Crippen molar-refractivity contribution < 1.29 is 27.9 Å². The van der Waals surface area contributed by atoms with Crippen LogP contribution in [0.2, 0.25) is 0 Å². The fraction of sp³-hybridized carbons (Fsp3) is 0.240. The van der Waals surface area contributed by atoms with Crippen molar-refractivity contribution in [2.45, 2.75) is 19.9 Å². The molecule has 0 aliphatic carbocycles. The lowest BCUT2D eigenvalue weighted by Crippen LogP contribution is -2.49. The topological polar surface area (TPSA) is 88.7 Å². The molecule has 0 unspecified atom stereocenters. The molecule has 2 aromatic heterocycles. The molecule has 0 amide bonds. The van der Waals surface area contributed by atoms with Crippen LogP contribution in [-0.2, 0) is 17.8 Å². The number of nitrogens with zero attached hydrogens (tertiary/aromatic N) is 3. The summed E-state index contributed by atoms with van der Waals surface area (Å²) in [5.74, 6) is -1.46. The second-order valence-electron chi connectivity index (χ2n) is 8.28. The fourth-order valence-corrected chi connectivity index (χ4v) is 5.12. The van der Waals surface area contributed by atoms with Crippen LogP contribution in [0.3, 0.4) is 0 Å². The molecule has 2 aromatic carbocycles. The summed E-state index contributed by atoms with van der Waals surface area (Å²) >= 11 is 1.54. The maximum absolute atomic E-state index is 14.7. The summed E-state index contributed by atoms with van der Waals surface area (Å²) in [6, 6.07) is 11.8. The SMILES string of the molecule is CCc1cc(CN2CC(C(=O)O)C2)sc1-c1noc(-c2ccc(Oc3cccc(F)c3)c(F)c2)n1. The summed E-state index contributed by atoms with van der Waals surface area (Å²) < 4.78 is 38.9. The van der Waals surface area contributed by atoms with E-state index in [1.54, 1.807) is 17.4 Å². The first-order chi connectivity index (χ1) is 16.9. The van der Waals surface area contributed by atoms with Gasteiger partial charge < -0.3 is 14.4 Å². The van der Waals surface area contributed by atoms with Crippen LogP contribution in [-0.4, -0.2) is 39.2 Å². The number of carbonyl (C=O) groups is 1. The normalized spacial score (nSPS) is 14.1. The van der Waals surface area contributed by atoms with Crippen molar-refractivity contribution in [3.63, 3.8) is 0 Å². The molecule has 0 saturated carbocycles. The van der Waals surface area contributed by atoms with Gasteiger partial charge in [0, 0.05) is 36.1 Å². The summed E-state index contributed by atoms with van der Waals surface area (Å²) in [6.07, 6.45) is 0.772. The van der Waals surface area contributed by atoms with Crippen LogP contribution in [0.25, 0.3) is 22.2 Å². The van der Waals surface area contributed by atoms with Crippen molar-refractivity contribution in [1.82, 2.24) is 15.0 Å². The van der Waals surface area contributed by atoms with Crippen LogP contribution < -0.4 is 4.74 Å². The number of likely N-dealkylation sites (tertiary alicyclic amines) is 1. The second-order valence-corrected chi connectivity index (χ2v) is 9.41. The van der Waals surface area contributed by atoms with E-state index in [2.05, 4.69) is 21.1 Å². The van der Waals surface area contributed by atoms with Gasteiger partial charge in [-0.05, 0) is 48.4 Å². The van der Waals surface area contributed by atoms with Crippen LogP contribution in [0.4, 0.5) is 8.78 Å². The molecule has 35 heavy (non-hydrogen) atoms. The molecule has 1 aliphatic rings. The van der Waals surface area contributed by atoms with E-state index < -0.39 is 17.6 Å². The summed E-state index contributed by atoms with van der Waals surface area (Å²) in [5, 5.41) is 13.2. The average Bonchev–Trinajstić information content (AvgIpc) is 3.44. The number of aliphatic carboxylic acids is 1. The smallest absolute Gasteiger partial charge is 0.309 e. The van der Waals surface area contributed by atoms with Crippen LogP contribution in [0.1, 0.15) is 17.4 Å². The molecular weight excluding hydrogens is 476 g/mol. The largest absolute Gasteiger partial charge is 0.481 e. The zero-order chi connectivity index (χ0) is 24.5. The molecule has 180 valence electrons. The van der Waals surface area contributed by atoms with Crippen LogP contribution in [0.15, 0.2) is 53.1 Å². The monoisotopic (exact) mass is 497 g/mol. The minimum Gasteiger partial charge on any atom is -0.481 e. The van der Waals surface area contributed by atoms with E-state index >= 15 is 0 Å². The number of ether oxygens (including phenoxy) is 1. The number of aromatic nitrogens is 2. The average molecular weight is 498 g/mol. The summed E-state index contributed by atoms with van der Waals surface area (Å²) in [4.78, 5) is 19.6. The van der Waals surface area contributed by atoms with Crippen molar-refractivity contribution in [1.29, 1.82) is 0 Å². The molecule has 4 aromatic rings. The predicted molar refractivity (Wildman–Crippen MR) is 125 cm³/mol. The van der Waals surface area contributed by atoms with Gasteiger partial charge in [0.2, 0.25) is 5.82 Å². The Hall–Kier alpha value is -3.63. The third-order valence-corrected chi connectivity index (χ3v) is 6.92. The Morgan fingerprint density at radius 1 is 1.23 bits per heavy atom. The van der Waals surface area contributed by atoms with Gasteiger partial charge in [-0.15, -0.1) is 11.3 Å². The summed E-state index contributed by atoms with van der Waals surface area (Å²) in [7, 11) is 0. The van der Waals surface area contributed by atoms with Gasteiger partial charge in [0.05, 0.1) is 10.8 Å². The van der Waals surface area contributed by atoms with Crippen molar-refractivity contribution >= 4 is 17.3 Å². The quantitative estimate of drug-likeness (QED) is 0.338. The first-order valence-electron chi connectivity index (χ1n) is 11.0. The van der Waals surface area contributed by atoms with Crippen molar-refractivity contribution in [3.8, 4) is 33.7 Å². The van der Waals surface area contributed by atoms with Crippen LogP contribution in [0.5, 0.6) is 11.5 Å². The highest BCUT2D eigenvalue weighted by molar-refractivity contribution is 7.15. The number of carboxylic acids is 1. The van der Waals surface area contributed by atoms with Crippen molar-refractivity contribution in [3.05, 3.63) is 70.6 Å². The molecule has 3 heterocycles. The number of thiophene rings is 1. The lowest BCUT2D eigenvalue weighted by Gasteiger charge is -2.36. The summed E-state index contributed by atoms with van der Waals surface area (Å²) in [5.41, 5.74) is 1.46. The molecule has 0 atom stereocenters. The highest BCUT2D eigenvalue weighted by atomic mass is 32.1. The van der Waals surface area contributed by atoms with Gasteiger partial charge in [-0.25, -0.2) is 8.78 Å². The molecule has 7 nitrogen and oxygen atoms in total. The highest BCUT2D eigenvalue weighted by Crippen LogP contribution is 2.35. The number of rotatable bonds is 8. The van der Waals surface area contributed by atoms with Crippen LogP contribution >= 0.6 is 11.3 Å². The first kappa shape index (κ1) is 23.1. The molecule has 1 saturated heterocycles. The second kappa shape index (κ2) is 9.55. The Morgan fingerprint density at radius 3 is 2.77 bits per heavy atom. The zero-order valence-electron chi connectivity index (χ0n) is 18.7. The van der Waals surface area contributed by atoms with E-state index in [9.17, 15) is 13.6 Å². The Kier molecular flexibility index (Phi) is 6.31. The highest BCUT2D eigenvalue weighted by Gasteiger charge is 2.32. The van der Waals surface area contributed by atoms with E-state index in [-0.39, 0.29) is 23.3 Å². The van der Waals surface area contributed by atoms with E-state index in [0.29, 0.717) is 31.0 Å². The van der Waals surface area contributed by atoms with Gasteiger partial charge in [0.25, 0.3) is 5.89 Å². The van der Waals surface area contributed by atoms with E-state index in [4.69, 9.17) is 14.4 Å². The molecule has 0 bridgehead atoms. The van der Waals surface area contributed by atoms with Gasteiger partial charge in [-0.2, -0.15) is 4.98 Å². The molecular formula is C25H21F2N3O4S. The molecule has 0 spiro atoms. The van der Waals surface area contributed by atoms with Gasteiger partial charge in [0.1, 0.15) is 11.6 Å². The van der Waals surface area contributed by atoms with Gasteiger partial charge in [-0.1, -0.05) is 18.1 Å². The number of aryl methyl sites for hydroxylation is 1. The molecule has 1 fully saturated rings. The third-order valence-electron chi connectivity index (χ3n) is 5.76. The molecule has 10 heteroatoms.